The summed E-state index contributed by atoms with van der Waals surface area (Å²) in [6.45, 7) is 7.07. The van der Waals surface area contributed by atoms with Crippen molar-refractivity contribution in [3.8, 4) is 0 Å². The first-order valence-electron chi connectivity index (χ1n) is 3.85. The Kier molecular flexibility index (Phi) is 2.09. The summed E-state index contributed by atoms with van der Waals surface area (Å²) in [6, 6.07) is 0. The highest BCUT2D eigenvalue weighted by atomic mass is 16.5. The van der Waals surface area contributed by atoms with Crippen molar-refractivity contribution in [1.29, 1.82) is 0 Å². The van der Waals surface area contributed by atoms with Crippen LogP contribution >= 0.6 is 0 Å². The number of nitrogens with zero attached hydrogens (tertiary/aromatic N) is 1. The number of aliphatic imine (C=N–C) groups is 1. The highest BCUT2D eigenvalue weighted by Crippen LogP contribution is 2.18. The second-order valence-corrected chi connectivity index (χ2v) is 3.09. The van der Waals surface area contributed by atoms with Crippen molar-refractivity contribution in [2.24, 2.45) is 4.99 Å². The Labute approximate surface area is 62.3 Å². The molecule has 0 radical (unpaired) electrons. The van der Waals surface area contributed by atoms with Gasteiger partial charge in [-0.05, 0) is 20.3 Å². The van der Waals surface area contributed by atoms with Gasteiger partial charge in [-0.1, -0.05) is 6.92 Å². The lowest BCUT2D eigenvalue weighted by atomic mass is 10.0. The standard InChI is InChI=1S/C8H15NO/c1-4-8(3)6-9-5-7(2)10-8/h6-7H,4-5H2,1-3H3. The van der Waals surface area contributed by atoms with E-state index in [1.807, 2.05) is 6.21 Å². The minimum absolute atomic E-state index is 0.0995. The maximum Gasteiger partial charge on any atom is 0.100 e. The van der Waals surface area contributed by atoms with E-state index in [9.17, 15) is 0 Å². The fourth-order valence-corrected chi connectivity index (χ4v) is 1.10. The second-order valence-electron chi connectivity index (χ2n) is 3.09. The van der Waals surface area contributed by atoms with Gasteiger partial charge in [0.25, 0.3) is 0 Å². The molecule has 0 saturated carbocycles. The fraction of sp³-hybridized carbons (Fsp3) is 0.875. The summed E-state index contributed by atoms with van der Waals surface area (Å²) >= 11 is 0. The minimum Gasteiger partial charge on any atom is -0.365 e. The quantitative estimate of drug-likeness (QED) is 0.544. The lowest BCUT2D eigenvalue weighted by Gasteiger charge is -2.31. The molecule has 2 nitrogen and oxygen atoms in total. The molecule has 0 N–H and O–H groups in total. The predicted molar refractivity (Wildman–Crippen MR) is 42.6 cm³/mol. The van der Waals surface area contributed by atoms with Gasteiger partial charge < -0.3 is 4.74 Å². The summed E-state index contributed by atoms with van der Waals surface area (Å²) < 4.78 is 5.67. The molecule has 0 amide bonds. The van der Waals surface area contributed by atoms with Crippen LogP contribution < -0.4 is 0 Å². The summed E-state index contributed by atoms with van der Waals surface area (Å²) in [5.41, 5.74) is -0.0995. The lowest BCUT2D eigenvalue weighted by molar-refractivity contribution is -0.0325. The van der Waals surface area contributed by atoms with Crippen LogP contribution in [0.15, 0.2) is 4.99 Å². The Morgan fingerprint density at radius 3 is 2.90 bits per heavy atom. The van der Waals surface area contributed by atoms with Gasteiger partial charge in [-0.15, -0.1) is 0 Å². The van der Waals surface area contributed by atoms with Gasteiger partial charge in [0.2, 0.25) is 0 Å². The maximum absolute atomic E-state index is 5.67. The minimum atomic E-state index is -0.0995. The van der Waals surface area contributed by atoms with Crippen molar-refractivity contribution in [3.05, 3.63) is 0 Å². The van der Waals surface area contributed by atoms with Gasteiger partial charge in [0, 0.05) is 6.21 Å². The zero-order valence-corrected chi connectivity index (χ0v) is 6.92. The van der Waals surface area contributed by atoms with Crippen LogP contribution in [0.4, 0.5) is 0 Å². The maximum atomic E-state index is 5.67. The van der Waals surface area contributed by atoms with E-state index >= 15 is 0 Å². The molecule has 2 heteroatoms. The fourth-order valence-electron chi connectivity index (χ4n) is 1.10. The van der Waals surface area contributed by atoms with E-state index in [1.54, 1.807) is 0 Å². The van der Waals surface area contributed by atoms with E-state index < -0.39 is 0 Å². The van der Waals surface area contributed by atoms with Crippen molar-refractivity contribution in [3.63, 3.8) is 0 Å². The molecule has 0 aliphatic carbocycles. The van der Waals surface area contributed by atoms with Crippen molar-refractivity contribution >= 4 is 6.21 Å². The van der Waals surface area contributed by atoms with Crippen molar-refractivity contribution in [2.75, 3.05) is 6.54 Å². The van der Waals surface area contributed by atoms with Crippen LogP contribution in [0, 0.1) is 0 Å². The first-order chi connectivity index (χ1) is 4.66. The smallest absolute Gasteiger partial charge is 0.100 e. The van der Waals surface area contributed by atoms with E-state index in [-0.39, 0.29) is 11.7 Å². The zero-order valence-electron chi connectivity index (χ0n) is 6.92. The third-order valence-electron chi connectivity index (χ3n) is 1.90. The van der Waals surface area contributed by atoms with Crippen LogP contribution in [0.1, 0.15) is 27.2 Å². The van der Waals surface area contributed by atoms with Gasteiger partial charge in [-0.2, -0.15) is 0 Å². The first-order valence-corrected chi connectivity index (χ1v) is 3.85. The van der Waals surface area contributed by atoms with Crippen LogP contribution in [0.2, 0.25) is 0 Å². The normalized spacial score (nSPS) is 40.1. The molecule has 0 aromatic carbocycles. The number of ether oxygens (including phenoxy) is 1. The Bertz CT molecular complexity index is 144. The molecule has 2 unspecified atom stereocenters. The number of hydrogen-bond acceptors (Lipinski definition) is 2. The molecule has 0 aromatic heterocycles. The predicted octanol–water partition coefficient (Wildman–Crippen LogP) is 1.64. The molecular weight excluding hydrogens is 126 g/mol. The summed E-state index contributed by atoms with van der Waals surface area (Å²) in [4.78, 5) is 4.23. The largest absolute Gasteiger partial charge is 0.365 e. The summed E-state index contributed by atoms with van der Waals surface area (Å²) in [6.07, 6.45) is 3.21. The Hall–Kier alpha value is -0.370. The van der Waals surface area contributed by atoms with Crippen molar-refractivity contribution in [1.82, 2.24) is 0 Å². The van der Waals surface area contributed by atoms with Gasteiger partial charge in [-0.25, -0.2) is 0 Å². The van der Waals surface area contributed by atoms with Gasteiger partial charge >= 0.3 is 0 Å². The first kappa shape index (κ1) is 7.73. The lowest BCUT2D eigenvalue weighted by Crippen LogP contribution is -2.38. The highest BCUT2D eigenvalue weighted by Gasteiger charge is 2.25. The molecule has 1 aliphatic rings. The van der Waals surface area contributed by atoms with Crippen LogP contribution in [-0.4, -0.2) is 24.5 Å². The van der Waals surface area contributed by atoms with E-state index in [0.29, 0.717) is 0 Å². The van der Waals surface area contributed by atoms with Gasteiger partial charge in [-0.3, -0.25) is 4.99 Å². The van der Waals surface area contributed by atoms with Crippen molar-refractivity contribution < 1.29 is 4.74 Å². The summed E-state index contributed by atoms with van der Waals surface area (Å²) in [7, 11) is 0. The van der Waals surface area contributed by atoms with Gasteiger partial charge in [0.15, 0.2) is 0 Å². The molecule has 58 valence electrons. The third-order valence-corrected chi connectivity index (χ3v) is 1.90. The summed E-state index contributed by atoms with van der Waals surface area (Å²) in [5.74, 6) is 0. The van der Waals surface area contributed by atoms with Gasteiger partial charge in [0.1, 0.15) is 5.60 Å². The number of hydrogen-bond donors (Lipinski definition) is 0. The molecule has 0 fully saturated rings. The van der Waals surface area contributed by atoms with E-state index in [4.69, 9.17) is 4.74 Å². The highest BCUT2D eigenvalue weighted by molar-refractivity contribution is 5.68. The number of rotatable bonds is 1. The third kappa shape index (κ3) is 1.57. The van der Waals surface area contributed by atoms with Gasteiger partial charge in [0.05, 0.1) is 12.6 Å². The van der Waals surface area contributed by atoms with Crippen LogP contribution in [0.5, 0.6) is 0 Å². The molecule has 0 saturated heterocycles. The average molecular weight is 141 g/mol. The zero-order chi connectivity index (χ0) is 7.61. The molecule has 0 bridgehead atoms. The Morgan fingerprint density at radius 1 is 1.80 bits per heavy atom. The van der Waals surface area contributed by atoms with Crippen molar-refractivity contribution in [2.45, 2.75) is 38.9 Å². The summed E-state index contributed by atoms with van der Waals surface area (Å²) in [5, 5.41) is 0. The SMILES string of the molecule is CCC1(C)C=NCC(C)O1. The van der Waals surface area contributed by atoms with E-state index in [0.717, 1.165) is 13.0 Å². The molecule has 1 rings (SSSR count). The molecule has 2 atom stereocenters. The van der Waals surface area contributed by atoms with Crippen LogP contribution in [0.3, 0.4) is 0 Å². The molecule has 1 aliphatic heterocycles. The topological polar surface area (TPSA) is 21.6 Å². The van der Waals surface area contributed by atoms with E-state index in [1.165, 1.54) is 0 Å². The molecule has 1 heterocycles. The Balaban J connectivity index is 2.61. The van der Waals surface area contributed by atoms with Crippen LogP contribution in [0.25, 0.3) is 0 Å². The van der Waals surface area contributed by atoms with Crippen LogP contribution in [-0.2, 0) is 4.74 Å². The Morgan fingerprint density at radius 2 is 2.50 bits per heavy atom. The molecule has 10 heavy (non-hydrogen) atoms. The molecular formula is C8H15NO. The molecule has 0 spiro atoms. The second kappa shape index (κ2) is 2.70. The average Bonchev–Trinajstić information content (AvgIpc) is 1.88. The van der Waals surface area contributed by atoms with E-state index in [2.05, 4.69) is 25.8 Å². The molecule has 0 aromatic rings. The monoisotopic (exact) mass is 141 g/mol.